The summed E-state index contributed by atoms with van der Waals surface area (Å²) in [5.74, 6) is 3.48. The lowest BCUT2D eigenvalue weighted by atomic mass is 9.92. The monoisotopic (exact) mass is 523 g/mol. The highest BCUT2D eigenvalue weighted by molar-refractivity contribution is 6.25. The van der Waals surface area contributed by atoms with Crippen molar-refractivity contribution in [2.75, 3.05) is 0 Å². The number of rotatable bonds is 3. The van der Waals surface area contributed by atoms with Crippen molar-refractivity contribution in [1.29, 1.82) is 0 Å². The average Bonchev–Trinajstić information content (AvgIpc) is 3.04. The molecule has 190 valence electrons. The Kier molecular flexibility index (Phi) is 4.58. The molecule has 0 spiro atoms. The van der Waals surface area contributed by atoms with E-state index in [0.29, 0.717) is 17.5 Å². The van der Waals surface area contributed by atoms with E-state index in [2.05, 4.69) is 84.9 Å². The highest BCUT2D eigenvalue weighted by atomic mass is 16.5. The lowest BCUT2D eigenvalue weighted by molar-refractivity contribution is 0.494. The number of hydrogen-bond acceptors (Lipinski definition) is 4. The van der Waals surface area contributed by atoms with Gasteiger partial charge in [-0.25, -0.2) is 15.0 Å². The van der Waals surface area contributed by atoms with Gasteiger partial charge in [0.2, 0.25) is 0 Å². The molecule has 0 unspecified atom stereocenters. The van der Waals surface area contributed by atoms with Gasteiger partial charge in [0.1, 0.15) is 11.5 Å². The van der Waals surface area contributed by atoms with Gasteiger partial charge in [-0.1, -0.05) is 109 Å². The van der Waals surface area contributed by atoms with E-state index >= 15 is 0 Å². The van der Waals surface area contributed by atoms with Gasteiger partial charge >= 0.3 is 0 Å². The van der Waals surface area contributed by atoms with E-state index < -0.39 is 0 Å². The number of aromatic nitrogens is 3. The second-order valence-electron chi connectivity index (χ2n) is 10.5. The van der Waals surface area contributed by atoms with Crippen LogP contribution >= 0.6 is 0 Å². The second-order valence-corrected chi connectivity index (χ2v) is 10.5. The zero-order valence-electron chi connectivity index (χ0n) is 21.9. The van der Waals surface area contributed by atoms with E-state index in [0.717, 1.165) is 49.7 Å². The Labute approximate surface area is 235 Å². The lowest BCUT2D eigenvalue weighted by Gasteiger charge is -2.22. The normalized spacial score (nSPS) is 12.1. The molecule has 4 nitrogen and oxygen atoms in total. The Morgan fingerprint density at radius 3 is 1.83 bits per heavy atom. The topological polar surface area (TPSA) is 47.9 Å². The molecule has 0 aliphatic carbocycles. The van der Waals surface area contributed by atoms with E-state index in [-0.39, 0.29) is 0 Å². The maximum atomic E-state index is 6.72. The third-order valence-corrected chi connectivity index (χ3v) is 8.05. The molecule has 8 aromatic rings. The Balaban J connectivity index is 1.34. The molecular weight excluding hydrogens is 502 g/mol. The van der Waals surface area contributed by atoms with Gasteiger partial charge in [0.25, 0.3) is 0 Å². The summed E-state index contributed by atoms with van der Waals surface area (Å²) in [5.41, 5.74) is 2.72. The van der Waals surface area contributed by atoms with Crippen LogP contribution in [0.25, 0.3) is 77.3 Å². The molecule has 1 aliphatic heterocycles. The number of hydrogen-bond donors (Lipinski definition) is 0. The number of benzene rings is 7. The average molecular weight is 524 g/mol. The first kappa shape index (κ1) is 22.2. The molecule has 0 bridgehead atoms. The van der Waals surface area contributed by atoms with Crippen LogP contribution in [-0.2, 0) is 0 Å². The van der Waals surface area contributed by atoms with Crippen molar-refractivity contribution in [3.63, 3.8) is 0 Å². The summed E-state index contributed by atoms with van der Waals surface area (Å²) in [5, 5.41) is 9.27. The Hall–Kier alpha value is -5.61. The first-order valence-electron chi connectivity index (χ1n) is 13.7. The Morgan fingerprint density at radius 2 is 1.00 bits per heavy atom. The third-order valence-electron chi connectivity index (χ3n) is 8.05. The number of fused-ring (bicyclic) bond motifs is 1. The van der Waals surface area contributed by atoms with Gasteiger partial charge in [0, 0.05) is 27.3 Å². The molecule has 1 aliphatic rings. The highest BCUT2D eigenvalue weighted by Crippen LogP contribution is 2.50. The minimum absolute atomic E-state index is 0.586. The first-order chi connectivity index (χ1) is 20.3. The summed E-state index contributed by atoms with van der Waals surface area (Å²) in [6.45, 7) is 0. The van der Waals surface area contributed by atoms with E-state index in [4.69, 9.17) is 19.7 Å². The minimum Gasteiger partial charge on any atom is -0.455 e. The van der Waals surface area contributed by atoms with Gasteiger partial charge in [-0.3, -0.25) is 0 Å². The smallest absolute Gasteiger partial charge is 0.167 e. The molecule has 0 amide bonds. The van der Waals surface area contributed by atoms with Gasteiger partial charge in [-0.15, -0.1) is 0 Å². The van der Waals surface area contributed by atoms with Crippen molar-refractivity contribution in [2.24, 2.45) is 0 Å². The van der Waals surface area contributed by atoms with Crippen molar-refractivity contribution >= 4 is 43.1 Å². The fourth-order valence-corrected chi connectivity index (χ4v) is 6.09. The van der Waals surface area contributed by atoms with Crippen LogP contribution in [0.15, 0.2) is 127 Å². The van der Waals surface area contributed by atoms with Gasteiger partial charge in [-0.05, 0) is 45.1 Å². The van der Waals surface area contributed by atoms with Crippen molar-refractivity contribution in [1.82, 2.24) is 15.0 Å². The van der Waals surface area contributed by atoms with E-state index in [1.54, 1.807) is 0 Å². The van der Waals surface area contributed by atoms with Gasteiger partial charge in [0.15, 0.2) is 17.5 Å². The van der Waals surface area contributed by atoms with E-state index in [1.165, 1.54) is 21.5 Å². The number of ether oxygens (including phenoxy) is 1. The minimum atomic E-state index is 0.586. The second kappa shape index (κ2) is 8.44. The molecule has 2 heterocycles. The van der Waals surface area contributed by atoms with Gasteiger partial charge in [-0.2, -0.15) is 0 Å². The molecule has 9 rings (SSSR count). The summed E-state index contributed by atoms with van der Waals surface area (Å²) in [7, 11) is 0. The quantitative estimate of drug-likeness (QED) is 0.216. The summed E-state index contributed by atoms with van der Waals surface area (Å²) >= 11 is 0. The van der Waals surface area contributed by atoms with Crippen molar-refractivity contribution < 1.29 is 4.74 Å². The van der Waals surface area contributed by atoms with Crippen LogP contribution in [0.1, 0.15) is 0 Å². The molecule has 1 aromatic heterocycles. The molecule has 0 saturated heterocycles. The van der Waals surface area contributed by atoms with Crippen molar-refractivity contribution in [3.05, 3.63) is 127 Å². The van der Waals surface area contributed by atoms with Crippen LogP contribution in [0, 0.1) is 0 Å². The summed E-state index contributed by atoms with van der Waals surface area (Å²) in [6, 6.07) is 43.9. The van der Waals surface area contributed by atoms with Crippen LogP contribution in [-0.4, -0.2) is 15.0 Å². The summed E-state index contributed by atoms with van der Waals surface area (Å²) < 4.78 is 6.72. The van der Waals surface area contributed by atoms with E-state index in [1.807, 2.05) is 42.5 Å². The summed E-state index contributed by atoms with van der Waals surface area (Å²) in [6.07, 6.45) is 0. The van der Waals surface area contributed by atoms with Gasteiger partial charge in [0.05, 0.1) is 5.56 Å². The molecule has 7 aromatic carbocycles. The molecule has 0 saturated carbocycles. The predicted octanol–water partition coefficient (Wildman–Crippen LogP) is 9.59. The maximum Gasteiger partial charge on any atom is 0.167 e. The van der Waals surface area contributed by atoms with Crippen LogP contribution in [0.4, 0.5) is 0 Å². The molecule has 0 atom stereocenters. The molecule has 4 heteroatoms. The Morgan fingerprint density at radius 1 is 0.390 bits per heavy atom. The highest BCUT2D eigenvalue weighted by Gasteiger charge is 2.24. The fraction of sp³-hybridized carbons (Fsp3) is 0. The standard InChI is InChI=1S/C37H21N3O/c1-2-8-26(9-3-1)35-38-36(28-18-13-22-7-4-5-10-27(22)21-28)40-37(39-35)29-20-19-25-17-16-24-15-14-23-11-6-12-30-31(23)32(24)33(25)34(29)41-30/h1-21H. The van der Waals surface area contributed by atoms with Crippen molar-refractivity contribution in [2.45, 2.75) is 0 Å². The third kappa shape index (κ3) is 3.38. The van der Waals surface area contributed by atoms with Crippen molar-refractivity contribution in [3.8, 4) is 45.7 Å². The maximum absolute atomic E-state index is 6.72. The lowest BCUT2D eigenvalue weighted by Crippen LogP contribution is -2.03. The molecule has 0 fully saturated rings. The van der Waals surface area contributed by atoms with Gasteiger partial charge < -0.3 is 4.74 Å². The molecule has 41 heavy (non-hydrogen) atoms. The zero-order chi connectivity index (χ0) is 26.9. The fourth-order valence-electron chi connectivity index (χ4n) is 6.09. The molecule has 0 radical (unpaired) electrons. The predicted molar refractivity (Wildman–Crippen MR) is 166 cm³/mol. The van der Waals surface area contributed by atoms with Crippen LogP contribution in [0.3, 0.4) is 0 Å². The first-order valence-corrected chi connectivity index (χ1v) is 13.7. The largest absolute Gasteiger partial charge is 0.455 e. The van der Waals surface area contributed by atoms with Crippen LogP contribution in [0.2, 0.25) is 0 Å². The summed E-state index contributed by atoms with van der Waals surface area (Å²) in [4.78, 5) is 15.0. The SMILES string of the molecule is c1ccc(-c2nc(-c3ccc4ccccc4c3)nc(-c3ccc4ccc5ccc6cccc7c6c5c4c3O7)n2)cc1. The van der Waals surface area contributed by atoms with E-state index in [9.17, 15) is 0 Å². The number of nitrogens with zero attached hydrogens (tertiary/aromatic N) is 3. The molecule has 0 N–H and O–H groups in total. The van der Waals surface area contributed by atoms with Crippen LogP contribution < -0.4 is 4.74 Å². The van der Waals surface area contributed by atoms with Crippen LogP contribution in [0.5, 0.6) is 11.5 Å². The zero-order valence-corrected chi connectivity index (χ0v) is 21.9. The molecular formula is C37H21N3O. The Bertz CT molecular complexity index is 2340.